The molecule has 0 spiro atoms. The number of rotatable bonds is 8. The third-order valence-corrected chi connectivity index (χ3v) is 3.64. The highest BCUT2D eigenvalue weighted by molar-refractivity contribution is 5.95. The molecule has 0 aliphatic heterocycles. The number of nitrogen functional groups attached to an aromatic ring is 1. The van der Waals surface area contributed by atoms with Crippen molar-refractivity contribution in [2.75, 3.05) is 24.1 Å². The zero-order chi connectivity index (χ0) is 15.8. The topological polar surface area (TPSA) is 58.4 Å². The van der Waals surface area contributed by atoms with Crippen LogP contribution in [0.5, 0.6) is 0 Å². The molecule has 0 atom stereocenters. The Bertz CT molecular complexity index is 441. The Morgan fingerprint density at radius 3 is 2.38 bits per heavy atom. The number of nitrogens with two attached hydrogens (primary N) is 1. The molecule has 0 aliphatic rings. The van der Waals surface area contributed by atoms with Gasteiger partial charge in [-0.3, -0.25) is 9.69 Å². The molecule has 0 aromatic heterocycles. The third-order valence-electron chi connectivity index (χ3n) is 3.64. The van der Waals surface area contributed by atoms with Gasteiger partial charge in [0.05, 0.1) is 17.9 Å². The standard InChI is InChI=1S/C17H29N3O/c1-5-14(6-2)20(11-13(3)4)12-17(21)19-16-10-8-7-9-15(16)18/h7-10,13-14H,5-6,11-12,18H2,1-4H3,(H,19,21). The minimum atomic E-state index is 0.000417. The summed E-state index contributed by atoms with van der Waals surface area (Å²) in [5.74, 6) is 0.542. The van der Waals surface area contributed by atoms with Gasteiger partial charge in [-0.15, -0.1) is 0 Å². The van der Waals surface area contributed by atoms with Crippen LogP contribution in [0.15, 0.2) is 24.3 Å². The van der Waals surface area contributed by atoms with Crippen LogP contribution in [0.25, 0.3) is 0 Å². The number of nitrogens with zero attached hydrogens (tertiary/aromatic N) is 1. The second kappa shape index (κ2) is 8.67. The predicted molar refractivity (Wildman–Crippen MR) is 90.3 cm³/mol. The van der Waals surface area contributed by atoms with Gasteiger partial charge in [0, 0.05) is 12.6 Å². The minimum absolute atomic E-state index is 0.000417. The maximum absolute atomic E-state index is 12.3. The zero-order valence-electron chi connectivity index (χ0n) is 13.7. The summed E-state index contributed by atoms with van der Waals surface area (Å²) in [6.07, 6.45) is 2.12. The molecule has 1 amide bonds. The largest absolute Gasteiger partial charge is 0.397 e. The fourth-order valence-electron chi connectivity index (χ4n) is 2.60. The molecule has 0 radical (unpaired) electrons. The van der Waals surface area contributed by atoms with Crippen molar-refractivity contribution in [3.8, 4) is 0 Å². The molecule has 118 valence electrons. The normalized spacial score (nSPS) is 11.4. The van der Waals surface area contributed by atoms with Crippen molar-refractivity contribution in [3.05, 3.63) is 24.3 Å². The van der Waals surface area contributed by atoms with E-state index in [4.69, 9.17) is 5.73 Å². The zero-order valence-corrected chi connectivity index (χ0v) is 13.7. The number of hydrogen-bond acceptors (Lipinski definition) is 3. The minimum Gasteiger partial charge on any atom is -0.397 e. The fourth-order valence-corrected chi connectivity index (χ4v) is 2.60. The van der Waals surface area contributed by atoms with Gasteiger partial charge in [0.1, 0.15) is 0 Å². The third kappa shape index (κ3) is 5.76. The molecule has 1 aromatic rings. The summed E-state index contributed by atoms with van der Waals surface area (Å²) in [7, 11) is 0. The van der Waals surface area contributed by atoms with Gasteiger partial charge in [0.15, 0.2) is 0 Å². The van der Waals surface area contributed by atoms with Gasteiger partial charge in [-0.05, 0) is 30.9 Å². The number of amides is 1. The second-order valence-electron chi connectivity index (χ2n) is 5.93. The molecule has 0 bridgehead atoms. The van der Waals surface area contributed by atoms with Crippen LogP contribution in [0, 0.1) is 5.92 Å². The monoisotopic (exact) mass is 291 g/mol. The molecule has 1 aromatic carbocycles. The molecular formula is C17H29N3O. The van der Waals surface area contributed by atoms with Gasteiger partial charge in [0.2, 0.25) is 5.91 Å². The average molecular weight is 291 g/mol. The number of benzene rings is 1. The quantitative estimate of drug-likeness (QED) is 0.722. The molecule has 0 saturated carbocycles. The molecule has 0 unspecified atom stereocenters. The van der Waals surface area contributed by atoms with Crippen molar-refractivity contribution in [1.82, 2.24) is 4.90 Å². The summed E-state index contributed by atoms with van der Waals surface area (Å²) >= 11 is 0. The Balaban J connectivity index is 2.69. The highest BCUT2D eigenvalue weighted by Gasteiger charge is 2.19. The van der Waals surface area contributed by atoms with Crippen LogP contribution in [-0.4, -0.2) is 29.9 Å². The molecule has 0 aliphatic carbocycles. The van der Waals surface area contributed by atoms with E-state index in [1.54, 1.807) is 6.07 Å². The van der Waals surface area contributed by atoms with Crippen molar-refractivity contribution in [3.63, 3.8) is 0 Å². The number of carbonyl (C=O) groups is 1. The number of hydrogen-bond donors (Lipinski definition) is 2. The highest BCUT2D eigenvalue weighted by Crippen LogP contribution is 2.17. The van der Waals surface area contributed by atoms with Gasteiger partial charge >= 0.3 is 0 Å². The van der Waals surface area contributed by atoms with Gasteiger partial charge in [-0.2, -0.15) is 0 Å². The van der Waals surface area contributed by atoms with Crippen LogP contribution in [0.4, 0.5) is 11.4 Å². The van der Waals surface area contributed by atoms with Gasteiger partial charge in [0.25, 0.3) is 0 Å². The second-order valence-corrected chi connectivity index (χ2v) is 5.93. The Kier molecular flexibility index (Phi) is 7.23. The smallest absolute Gasteiger partial charge is 0.238 e. The highest BCUT2D eigenvalue weighted by atomic mass is 16.2. The van der Waals surface area contributed by atoms with E-state index in [0.717, 1.165) is 19.4 Å². The lowest BCUT2D eigenvalue weighted by Gasteiger charge is -2.31. The molecule has 4 nitrogen and oxygen atoms in total. The summed E-state index contributed by atoms with van der Waals surface area (Å²) in [5.41, 5.74) is 7.16. The van der Waals surface area contributed by atoms with E-state index in [1.165, 1.54) is 0 Å². The van der Waals surface area contributed by atoms with Crippen LogP contribution >= 0.6 is 0 Å². The van der Waals surface area contributed by atoms with Crippen LogP contribution < -0.4 is 11.1 Å². The van der Waals surface area contributed by atoms with Gasteiger partial charge in [-0.25, -0.2) is 0 Å². The van der Waals surface area contributed by atoms with Crippen molar-refractivity contribution in [1.29, 1.82) is 0 Å². The lowest BCUT2D eigenvalue weighted by atomic mass is 10.1. The molecule has 3 N–H and O–H groups in total. The molecule has 0 saturated heterocycles. The van der Waals surface area contributed by atoms with Gasteiger partial charge in [-0.1, -0.05) is 39.8 Å². The first-order chi connectivity index (χ1) is 9.97. The van der Waals surface area contributed by atoms with Crippen molar-refractivity contribution in [2.24, 2.45) is 5.92 Å². The molecule has 4 heteroatoms. The van der Waals surface area contributed by atoms with Crippen molar-refractivity contribution in [2.45, 2.75) is 46.6 Å². The van der Waals surface area contributed by atoms with Gasteiger partial charge < -0.3 is 11.1 Å². The SMILES string of the molecule is CCC(CC)N(CC(=O)Nc1ccccc1N)CC(C)C. The number of para-hydroxylation sites is 2. The lowest BCUT2D eigenvalue weighted by molar-refractivity contribution is -0.118. The van der Waals surface area contributed by atoms with E-state index in [2.05, 4.69) is 37.9 Å². The Morgan fingerprint density at radius 2 is 1.86 bits per heavy atom. The summed E-state index contributed by atoms with van der Waals surface area (Å²) < 4.78 is 0. The van der Waals surface area contributed by atoms with E-state index < -0.39 is 0 Å². The molecule has 0 fully saturated rings. The molecular weight excluding hydrogens is 262 g/mol. The van der Waals surface area contributed by atoms with Crippen molar-refractivity contribution >= 4 is 17.3 Å². The van der Waals surface area contributed by atoms with E-state index in [9.17, 15) is 4.79 Å². The van der Waals surface area contributed by atoms with Crippen LogP contribution in [0.1, 0.15) is 40.5 Å². The number of carbonyl (C=O) groups excluding carboxylic acids is 1. The summed E-state index contributed by atoms with van der Waals surface area (Å²) in [5, 5.41) is 2.91. The van der Waals surface area contributed by atoms with E-state index in [0.29, 0.717) is 29.9 Å². The maximum Gasteiger partial charge on any atom is 0.238 e. The maximum atomic E-state index is 12.3. The summed E-state index contributed by atoms with van der Waals surface area (Å²) in [4.78, 5) is 14.6. The van der Waals surface area contributed by atoms with Crippen LogP contribution in [0.3, 0.4) is 0 Å². The van der Waals surface area contributed by atoms with E-state index in [1.807, 2.05) is 18.2 Å². The Labute approximate surface area is 128 Å². The Hall–Kier alpha value is -1.55. The summed E-state index contributed by atoms with van der Waals surface area (Å²) in [6, 6.07) is 7.81. The number of nitrogens with one attached hydrogen (secondary N) is 1. The molecule has 21 heavy (non-hydrogen) atoms. The first kappa shape index (κ1) is 17.5. The van der Waals surface area contributed by atoms with E-state index >= 15 is 0 Å². The van der Waals surface area contributed by atoms with E-state index in [-0.39, 0.29) is 5.91 Å². The first-order valence-corrected chi connectivity index (χ1v) is 7.86. The summed E-state index contributed by atoms with van der Waals surface area (Å²) in [6.45, 7) is 10.1. The number of anilines is 2. The Morgan fingerprint density at radius 1 is 1.24 bits per heavy atom. The fraction of sp³-hybridized carbons (Fsp3) is 0.588. The first-order valence-electron chi connectivity index (χ1n) is 7.86. The average Bonchev–Trinajstić information content (AvgIpc) is 2.42. The van der Waals surface area contributed by atoms with Crippen LogP contribution in [-0.2, 0) is 4.79 Å². The molecule has 1 rings (SSSR count). The van der Waals surface area contributed by atoms with Crippen LogP contribution in [0.2, 0.25) is 0 Å². The van der Waals surface area contributed by atoms with Crippen molar-refractivity contribution < 1.29 is 4.79 Å². The predicted octanol–water partition coefficient (Wildman–Crippen LogP) is 3.35. The molecule has 0 heterocycles. The lowest BCUT2D eigenvalue weighted by Crippen LogP contribution is -2.42.